The molecule has 29 heavy (non-hydrogen) atoms. The summed E-state index contributed by atoms with van der Waals surface area (Å²) < 4.78 is 0. The summed E-state index contributed by atoms with van der Waals surface area (Å²) >= 11 is 0. The molecule has 6 nitrogen and oxygen atoms in total. The average Bonchev–Trinajstić information content (AvgIpc) is 2.73. The Kier molecular flexibility index (Phi) is 6.86. The van der Waals surface area contributed by atoms with Crippen molar-refractivity contribution in [1.29, 1.82) is 0 Å². The number of hydrogen-bond donors (Lipinski definition) is 2. The van der Waals surface area contributed by atoms with Crippen molar-refractivity contribution in [3.63, 3.8) is 0 Å². The Labute approximate surface area is 172 Å². The third-order valence-corrected chi connectivity index (χ3v) is 5.21. The van der Waals surface area contributed by atoms with Gasteiger partial charge in [-0.2, -0.15) is 0 Å². The van der Waals surface area contributed by atoms with E-state index in [4.69, 9.17) is 0 Å². The summed E-state index contributed by atoms with van der Waals surface area (Å²) in [5, 5.41) is 5.72. The van der Waals surface area contributed by atoms with Crippen molar-refractivity contribution < 1.29 is 9.59 Å². The minimum atomic E-state index is -0.282. The molecule has 1 aliphatic rings. The fourth-order valence-electron chi connectivity index (χ4n) is 3.31. The van der Waals surface area contributed by atoms with E-state index >= 15 is 0 Å². The summed E-state index contributed by atoms with van der Waals surface area (Å²) in [6.45, 7) is 9.08. The van der Waals surface area contributed by atoms with Crippen molar-refractivity contribution in [2.75, 3.05) is 29.9 Å². The van der Waals surface area contributed by atoms with Gasteiger partial charge in [0.15, 0.2) is 0 Å². The minimum Gasteiger partial charge on any atom is -0.372 e. The number of carbonyl (C=O) groups excluding carboxylic acids is 2. The van der Waals surface area contributed by atoms with Crippen molar-refractivity contribution in [2.45, 2.75) is 33.6 Å². The number of piperidine rings is 1. The van der Waals surface area contributed by atoms with Gasteiger partial charge in [-0.05, 0) is 55.0 Å². The Hall–Kier alpha value is -2.89. The molecule has 1 saturated heterocycles. The topological polar surface area (TPSA) is 74.3 Å². The second-order valence-electron chi connectivity index (χ2n) is 8.24. The van der Waals surface area contributed by atoms with Crippen LogP contribution in [0, 0.1) is 11.8 Å². The maximum absolute atomic E-state index is 12.6. The molecule has 1 aromatic carbocycles. The van der Waals surface area contributed by atoms with Crippen LogP contribution in [0.25, 0.3) is 0 Å². The average molecular weight is 395 g/mol. The Morgan fingerprint density at radius 2 is 1.69 bits per heavy atom. The molecule has 1 fully saturated rings. The van der Waals surface area contributed by atoms with Gasteiger partial charge in [0.1, 0.15) is 0 Å². The molecule has 0 radical (unpaired) electrons. The first-order valence-electron chi connectivity index (χ1n) is 10.3. The molecule has 2 amide bonds. The highest BCUT2D eigenvalue weighted by molar-refractivity contribution is 6.05. The lowest BCUT2D eigenvalue weighted by Crippen LogP contribution is -2.32. The third-order valence-electron chi connectivity index (χ3n) is 5.21. The van der Waals surface area contributed by atoms with Crippen molar-refractivity contribution in [3.8, 4) is 0 Å². The standard InChI is InChI=1S/C23H30N4O2/c1-16(2)13-25-22(28)18-12-19(15-24-14-18)23(29)26-20-4-6-21(7-5-20)27-10-8-17(3)9-11-27/h4-7,12,14-17H,8-11,13H2,1-3H3,(H,25,28)(H,26,29). The monoisotopic (exact) mass is 394 g/mol. The Morgan fingerprint density at radius 1 is 1.07 bits per heavy atom. The van der Waals surface area contributed by atoms with Crippen molar-refractivity contribution >= 4 is 23.2 Å². The smallest absolute Gasteiger partial charge is 0.257 e. The van der Waals surface area contributed by atoms with Gasteiger partial charge >= 0.3 is 0 Å². The number of aromatic nitrogens is 1. The SMILES string of the molecule is CC(C)CNC(=O)c1cncc(C(=O)Nc2ccc(N3CCC(C)CC3)cc2)c1. The van der Waals surface area contributed by atoms with Crippen molar-refractivity contribution in [3.05, 3.63) is 53.9 Å². The summed E-state index contributed by atoms with van der Waals surface area (Å²) in [5.41, 5.74) is 2.64. The summed E-state index contributed by atoms with van der Waals surface area (Å²) in [6.07, 6.45) is 5.37. The number of rotatable bonds is 6. The maximum Gasteiger partial charge on any atom is 0.257 e. The van der Waals surface area contributed by atoms with E-state index in [0.717, 1.165) is 24.7 Å². The van der Waals surface area contributed by atoms with E-state index in [-0.39, 0.29) is 11.8 Å². The molecule has 1 aliphatic heterocycles. The summed E-state index contributed by atoms with van der Waals surface area (Å²) in [4.78, 5) is 31.2. The molecule has 6 heteroatoms. The van der Waals surface area contributed by atoms with Gasteiger partial charge in [0.2, 0.25) is 0 Å². The van der Waals surface area contributed by atoms with Gasteiger partial charge in [-0.25, -0.2) is 0 Å². The van der Waals surface area contributed by atoms with E-state index in [9.17, 15) is 9.59 Å². The van der Waals surface area contributed by atoms with Gasteiger partial charge < -0.3 is 15.5 Å². The van der Waals surface area contributed by atoms with Gasteiger partial charge in [0.25, 0.3) is 11.8 Å². The van der Waals surface area contributed by atoms with Gasteiger partial charge in [-0.3, -0.25) is 14.6 Å². The van der Waals surface area contributed by atoms with Gasteiger partial charge in [-0.1, -0.05) is 20.8 Å². The van der Waals surface area contributed by atoms with Crippen molar-refractivity contribution in [1.82, 2.24) is 10.3 Å². The van der Waals surface area contributed by atoms with E-state index < -0.39 is 0 Å². The third kappa shape index (κ3) is 5.79. The molecule has 0 spiro atoms. The fraction of sp³-hybridized carbons (Fsp3) is 0.435. The molecule has 0 unspecified atom stereocenters. The van der Waals surface area contributed by atoms with E-state index in [1.54, 1.807) is 6.07 Å². The first-order valence-corrected chi connectivity index (χ1v) is 10.3. The molecule has 0 aliphatic carbocycles. The highest BCUT2D eigenvalue weighted by Gasteiger charge is 2.16. The zero-order valence-electron chi connectivity index (χ0n) is 17.4. The summed E-state index contributed by atoms with van der Waals surface area (Å²) in [5.74, 6) is 0.646. The number of benzene rings is 1. The lowest BCUT2D eigenvalue weighted by Gasteiger charge is -2.32. The fourth-order valence-corrected chi connectivity index (χ4v) is 3.31. The zero-order valence-corrected chi connectivity index (χ0v) is 17.4. The summed E-state index contributed by atoms with van der Waals surface area (Å²) in [6, 6.07) is 9.48. The molecule has 1 aromatic heterocycles. The molecule has 2 aromatic rings. The molecule has 0 saturated carbocycles. The minimum absolute atomic E-state index is 0.221. The van der Waals surface area contributed by atoms with E-state index in [2.05, 4.69) is 27.4 Å². The number of nitrogens with one attached hydrogen (secondary N) is 2. The molecule has 154 valence electrons. The Bertz CT molecular complexity index is 840. The van der Waals surface area contributed by atoms with Gasteiger partial charge in [0.05, 0.1) is 11.1 Å². The maximum atomic E-state index is 12.6. The lowest BCUT2D eigenvalue weighted by atomic mass is 9.99. The van der Waals surface area contributed by atoms with E-state index in [1.165, 1.54) is 30.9 Å². The molecule has 0 bridgehead atoms. The number of nitrogens with zero attached hydrogens (tertiary/aromatic N) is 2. The first-order chi connectivity index (χ1) is 13.9. The van der Waals surface area contributed by atoms with Crippen LogP contribution in [0.4, 0.5) is 11.4 Å². The second-order valence-corrected chi connectivity index (χ2v) is 8.24. The Balaban J connectivity index is 1.61. The first kappa shape index (κ1) is 20.8. The van der Waals surface area contributed by atoms with Crippen LogP contribution in [0.15, 0.2) is 42.7 Å². The number of anilines is 2. The predicted octanol–water partition coefficient (Wildman–Crippen LogP) is 3.96. The van der Waals surface area contributed by atoms with Gasteiger partial charge in [0, 0.05) is 43.4 Å². The van der Waals surface area contributed by atoms with Crippen LogP contribution in [0.1, 0.15) is 54.3 Å². The van der Waals surface area contributed by atoms with Crippen LogP contribution in [0.2, 0.25) is 0 Å². The quantitative estimate of drug-likeness (QED) is 0.778. The molecular weight excluding hydrogens is 364 g/mol. The van der Waals surface area contributed by atoms with Crippen LogP contribution < -0.4 is 15.5 Å². The number of pyridine rings is 1. The van der Waals surface area contributed by atoms with E-state index in [1.807, 2.05) is 38.1 Å². The Morgan fingerprint density at radius 3 is 2.31 bits per heavy atom. The molecule has 2 heterocycles. The molecular formula is C23H30N4O2. The van der Waals surface area contributed by atoms with Crippen LogP contribution in [-0.2, 0) is 0 Å². The van der Waals surface area contributed by atoms with Gasteiger partial charge in [-0.15, -0.1) is 0 Å². The highest BCUT2D eigenvalue weighted by atomic mass is 16.2. The number of carbonyl (C=O) groups is 2. The molecule has 0 atom stereocenters. The van der Waals surface area contributed by atoms with Crippen molar-refractivity contribution in [2.24, 2.45) is 11.8 Å². The van der Waals surface area contributed by atoms with Crippen LogP contribution in [0.3, 0.4) is 0 Å². The van der Waals surface area contributed by atoms with E-state index in [0.29, 0.717) is 23.6 Å². The zero-order chi connectivity index (χ0) is 20.8. The summed E-state index contributed by atoms with van der Waals surface area (Å²) in [7, 11) is 0. The lowest BCUT2D eigenvalue weighted by molar-refractivity contribution is 0.0948. The molecule has 3 rings (SSSR count). The number of hydrogen-bond acceptors (Lipinski definition) is 4. The second kappa shape index (κ2) is 9.54. The van der Waals surface area contributed by atoms with Crippen LogP contribution in [-0.4, -0.2) is 36.4 Å². The van der Waals surface area contributed by atoms with Crippen LogP contribution in [0.5, 0.6) is 0 Å². The predicted molar refractivity (Wildman–Crippen MR) is 116 cm³/mol. The van der Waals surface area contributed by atoms with Crippen LogP contribution >= 0.6 is 0 Å². The molecule has 2 N–H and O–H groups in total. The highest BCUT2D eigenvalue weighted by Crippen LogP contribution is 2.24. The normalized spacial score (nSPS) is 14.7. The largest absolute Gasteiger partial charge is 0.372 e. The number of amides is 2.